The fourth-order valence-electron chi connectivity index (χ4n) is 1.28. The summed E-state index contributed by atoms with van der Waals surface area (Å²) in [6.07, 6.45) is 4.71. The molecule has 16 heavy (non-hydrogen) atoms. The Morgan fingerprint density at radius 3 is 2.81 bits per heavy atom. The standard InChI is InChI=1S/C10H15Cl2N3S/c1-7(4-5-16-3)15(2)9-8(11)6-13-10(12)14-9/h6-7H,4-5H2,1-3H3. The molecule has 0 saturated carbocycles. The molecule has 1 unspecified atom stereocenters. The summed E-state index contributed by atoms with van der Waals surface area (Å²) in [5.74, 6) is 1.80. The number of hydrogen-bond donors (Lipinski definition) is 0. The van der Waals surface area contributed by atoms with Crippen LogP contribution in [0.3, 0.4) is 0 Å². The van der Waals surface area contributed by atoms with Gasteiger partial charge >= 0.3 is 0 Å². The van der Waals surface area contributed by atoms with E-state index in [9.17, 15) is 0 Å². The van der Waals surface area contributed by atoms with Crippen molar-refractivity contribution in [1.29, 1.82) is 0 Å². The summed E-state index contributed by atoms with van der Waals surface area (Å²) in [5.41, 5.74) is 0. The molecular weight excluding hydrogens is 265 g/mol. The highest BCUT2D eigenvalue weighted by Crippen LogP contribution is 2.25. The van der Waals surface area contributed by atoms with Crippen molar-refractivity contribution in [2.75, 3.05) is 24.0 Å². The van der Waals surface area contributed by atoms with Crippen LogP contribution in [0.5, 0.6) is 0 Å². The summed E-state index contributed by atoms with van der Waals surface area (Å²) < 4.78 is 0. The van der Waals surface area contributed by atoms with Crippen LogP contribution in [0.2, 0.25) is 10.3 Å². The van der Waals surface area contributed by atoms with Crippen LogP contribution in [0.25, 0.3) is 0 Å². The zero-order valence-electron chi connectivity index (χ0n) is 9.57. The van der Waals surface area contributed by atoms with E-state index < -0.39 is 0 Å². The van der Waals surface area contributed by atoms with Crippen molar-refractivity contribution in [2.45, 2.75) is 19.4 Å². The average molecular weight is 280 g/mol. The molecule has 0 radical (unpaired) electrons. The summed E-state index contributed by atoms with van der Waals surface area (Å²) in [6.45, 7) is 2.14. The number of nitrogens with zero attached hydrogens (tertiary/aromatic N) is 3. The Morgan fingerprint density at radius 2 is 2.19 bits per heavy atom. The third kappa shape index (κ3) is 3.68. The summed E-state index contributed by atoms with van der Waals surface area (Å²) in [7, 11) is 1.97. The molecule has 0 aliphatic heterocycles. The first kappa shape index (κ1) is 13.9. The van der Waals surface area contributed by atoms with Crippen molar-refractivity contribution in [3.05, 3.63) is 16.5 Å². The molecule has 6 heteroatoms. The second kappa shape index (κ2) is 6.52. The van der Waals surface area contributed by atoms with Gasteiger partial charge in [0.2, 0.25) is 5.28 Å². The predicted octanol–water partition coefficient (Wildman–Crippen LogP) is 3.36. The molecule has 1 heterocycles. The highest BCUT2D eigenvalue weighted by molar-refractivity contribution is 7.98. The Kier molecular flexibility index (Phi) is 5.66. The van der Waals surface area contributed by atoms with Crippen molar-refractivity contribution < 1.29 is 0 Å². The van der Waals surface area contributed by atoms with Crippen molar-refractivity contribution >= 4 is 40.8 Å². The van der Waals surface area contributed by atoms with Crippen LogP contribution in [0.4, 0.5) is 5.82 Å². The van der Waals surface area contributed by atoms with Crippen LogP contribution in [0.1, 0.15) is 13.3 Å². The minimum absolute atomic E-state index is 0.225. The van der Waals surface area contributed by atoms with Gasteiger partial charge in [0.15, 0.2) is 5.82 Å². The quantitative estimate of drug-likeness (QED) is 0.773. The highest BCUT2D eigenvalue weighted by Gasteiger charge is 2.15. The highest BCUT2D eigenvalue weighted by atomic mass is 35.5. The minimum atomic E-state index is 0.225. The topological polar surface area (TPSA) is 29.0 Å². The lowest BCUT2D eigenvalue weighted by Gasteiger charge is -2.26. The van der Waals surface area contributed by atoms with Crippen LogP contribution in [-0.4, -0.2) is 35.1 Å². The first-order chi connectivity index (χ1) is 7.56. The minimum Gasteiger partial charge on any atom is -0.356 e. The van der Waals surface area contributed by atoms with Crippen molar-refractivity contribution in [2.24, 2.45) is 0 Å². The van der Waals surface area contributed by atoms with Crippen LogP contribution in [-0.2, 0) is 0 Å². The molecule has 0 aliphatic carbocycles. The maximum Gasteiger partial charge on any atom is 0.224 e. The van der Waals surface area contributed by atoms with Gasteiger partial charge in [0.25, 0.3) is 0 Å². The molecule has 90 valence electrons. The molecule has 1 atom stereocenters. The van der Waals surface area contributed by atoms with Gasteiger partial charge in [-0.25, -0.2) is 4.98 Å². The summed E-state index contributed by atoms with van der Waals surface area (Å²) >= 11 is 13.6. The molecule has 0 N–H and O–H groups in total. The SMILES string of the molecule is CSCCC(C)N(C)c1nc(Cl)ncc1Cl. The van der Waals surface area contributed by atoms with Crippen molar-refractivity contribution in [1.82, 2.24) is 9.97 Å². The lowest BCUT2D eigenvalue weighted by Crippen LogP contribution is -2.30. The Hall–Kier alpha value is -0.190. The number of anilines is 1. The van der Waals surface area contributed by atoms with Crippen molar-refractivity contribution in [3.63, 3.8) is 0 Å². The first-order valence-corrected chi connectivity index (χ1v) is 7.11. The number of hydrogen-bond acceptors (Lipinski definition) is 4. The second-order valence-corrected chi connectivity index (χ2v) is 5.28. The monoisotopic (exact) mass is 279 g/mol. The molecule has 0 aromatic carbocycles. The third-order valence-electron chi connectivity index (χ3n) is 2.43. The molecule has 0 fully saturated rings. The van der Waals surface area contributed by atoms with E-state index in [2.05, 4.69) is 23.1 Å². The number of aromatic nitrogens is 2. The summed E-state index contributed by atoms with van der Waals surface area (Å²) in [6, 6.07) is 0.371. The lowest BCUT2D eigenvalue weighted by atomic mass is 10.2. The molecule has 0 aliphatic rings. The van der Waals surface area contributed by atoms with Crippen LogP contribution in [0, 0.1) is 0 Å². The van der Waals surface area contributed by atoms with E-state index in [0.29, 0.717) is 16.9 Å². The molecule has 0 bridgehead atoms. The van der Waals surface area contributed by atoms with Gasteiger partial charge in [0, 0.05) is 13.1 Å². The summed E-state index contributed by atoms with van der Waals surface area (Å²) in [4.78, 5) is 10.0. The molecule has 1 aromatic heterocycles. The molecule has 3 nitrogen and oxygen atoms in total. The molecule has 0 spiro atoms. The fraction of sp³-hybridized carbons (Fsp3) is 0.600. The smallest absolute Gasteiger partial charge is 0.224 e. The van der Waals surface area contributed by atoms with Gasteiger partial charge in [-0.1, -0.05) is 11.6 Å². The van der Waals surface area contributed by atoms with E-state index >= 15 is 0 Å². The molecule has 1 rings (SSSR count). The van der Waals surface area contributed by atoms with Crippen LogP contribution >= 0.6 is 35.0 Å². The molecule has 0 saturated heterocycles. The summed E-state index contributed by atoms with van der Waals surface area (Å²) in [5, 5.41) is 0.756. The molecular formula is C10H15Cl2N3S. The van der Waals surface area contributed by atoms with Crippen molar-refractivity contribution in [3.8, 4) is 0 Å². The zero-order valence-corrected chi connectivity index (χ0v) is 11.9. The van der Waals surface area contributed by atoms with Gasteiger partial charge < -0.3 is 4.90 Å². The van der Waals surface area contributed by atoms with Crippen LogP contribution < -0.4 is 4.90 Å². The first-order valence-electron chi connectivity index (χ1n) is 4.96. The van der Waals surface area contributed by atoms with Gasteiger partial charge in [-0.15, -0.1) is 0 Å². The molecule has 0 amide bonds. The second-order valence-electron chi connectivity index (χ2n) is 3.55. The number of halogens is 2. The van der Waals surface area contributed by atoms with E-state index in [1.165, 1.54) is 6.20 Å². The van der Waals surface area contributed by atoms with E-state index in [4.69, 9.17) is 23.2 Å². The van der Waals surface area contributed by atoms with Gasteiger partial charge in [0.1, 0.15) is 5.02 Å². The van der Waals surface area contributed by atoms with Crippen LogP contribution in [0.15, 0.2) is 6.20 Å². The Bertz CT molecular complexity index is 349. The third-order valence-corrected chi connectivity index (χ3v) is 3.52. The zero-order chi connectivity index (χ0) is 12.1. The number of thioether (sulfide) groups is 1. The largest absolute Gasteiger partial charge is 0.356 e. The maximum atomic E-state index is 6.04. The van der Waals surface area contributed by atoms with E-state index in [1.54, 1.807) is 0 Å². The van der Waals surface area contributed by atoms with Gasteiger partial charge in [-0.2, -0.15) is 16.7 Å². The Labute approximate surface area is 111 Å². The predicted molar refractivity (Wildman–Crippen MR) is 72.9 cm³/mol. The van der Waals surface area contributed by atoms with Gasteiger partial charge in [0.05, 0.1) is 6.20 Å². The Morgan fingerprint density at radius 1 is 1.50 bits per heavy atom. The van der Waals surface area contributed by atoms with Gasteiger partial charge in [-0.05, 0) is 37.0 Å². The lowest BCUT2D eigenvalue weighted by molar-refractivity contribution is 0.661. The van der Waals surface area contributed by atoms with E-state index in [-0.39, 0.29) is 5.28 Å². The normalized spacial score (nSPS) is 12.6. The molecule has 1 aromatic rings. The fourth-order valence-corrected chi connectivity index (χ4v) is 2.21. The Balaban J connectivity index is 2.78. The van der Waals surface area contributed by atoms with Gasteiger partial charge in [-0.3, -0.25) is 0 Å². The maximum absolute atomic E-state index is 6.04. The van der Waals surface area contributed by atoms with E-state index in [1.807, 2.05) is 23.7 Å². The number of rotatable bonds is 5. The average Bonchev–Trinajstić information content (AvgIpc) is 2.28. The van der Waals surface area contributed by atoms with E-state index in [0.717, 1.165) is 12.2 Å².